The normalized spacial score (nSPS) is 18.0. The molecule has 1 saturated heterocycles. The first kappa shape index (κ1) is 18.0. The Balaban J connectivity index is 1.66. The van der Waals surface area contributed by atoms with Crippen LogP contribution in [0.2, 0.25) is 0 Å². The second-order valence-corrected chi connectivity index (χ2v) is 8.04. The van der Waals surface area contributed by atoms with E-state index in [9.17, 15) is 0 Å². The van der Waals surface area contributed by atoms with Crippen LogP contribution in [0.4, 0.5) is 0 Å². The Bertz CT molecular complexity index is 929. The van der Waals surface area contributed by atoms with Crippen LogP contribution in [0.3, 0.4) is 0 Å². The molecule has 1 fully saturated rings. The number of nitrogens with zero attached hydrogens (tertiary/aromatic N) is 1. The van der Waals surface area contributed by atoms with Crippen LogP contribution in [0.5, 0.6) is 0 Å². The predicted octanol–water partition coefficient (Wildman–Crippen LogP) is 4.62. The lowest BCUT2D eigenvalue weighted by Crippen LogP contribution is -2.41. The average molecular weight is 361 g/mol. The lowest BCUT2D eigenvalue weighted by molar-refractivity contribution is 0.00578. The molecule has 2 heterocycles. The number of hydrogen-bond donors (Lipinski definition) is 0. The Labute approximate surface area is 160 Å². The van der Waals surface area contributed by atoms with Crippen LogP contribution >= 0.6 is 0 Å². The zero-order chi connectivity index (χ0) is 19.2. The summed E-state index contributed by atoms with van der Waals surface area (Å²) in [5.41, 5.74) is 4.29. The van der Waals surface area contributed by atoms with Gasteiger partial charge >= 0.3 is 7.12 Å². The van der Waals surface area contributed by atoms with Crippen molar-refractivity contribution in [3.8, 4) is 22.4 Å². The van der Waals surface area contributed by atoms with Crippen LogP contribution in [-0.2, 0) is 9.31 Å². The highest BCUT2D eigenvalue weighted by molar-refractivity contribution is 6.62. The average Bonchev–Trinajstić information content (AvgIpc) is 3.12. The Hall–Kier alpha value is -2.37. The van der Waals surface area contributed by atoms with Gasteiger partial charge in [-0.25, -0.2) is 0 Å². The van der Waals surface area contributed by atoms with Crippen LogP contribution < -0.4 is 5.46 Å². The quantitative estimate of drug-likeness (QED) is 0.639. The summed E-state index contributed by atoms with van der Waals surface area (Å²) in [6.45, 7) is 10.2. The first-order valence-corrected chi connectivity index (χ1v) is 9.26. The number of rotatable bonds is 3. The largest absolute Gasteiger partial charge is 0.494 e. The molecule has 1 aliphatic rings. The molecule has 0 spiro atoms. The topological polar surface area (TPSA) is 44.5 Å². The molecule has 0 radical (unpaired) electrons. The van der Waals surface area contributed by atoms with Gasteiger partial charge in [0.15, 0.2) is 0 Å². The van der Waals surface area contributed by atoms with Gasteiger partial charge in [-0.15, -0.1) is 0 Å². The fourth-order valence-corrected chi connectivity index (χ4v) is 3.29. The van der Waals surface area contributed by atoms with Gasteiger partial charge in [0.2, 0.25) is 0 Å². The van der Waals surface area contributed by atoms with Crippen LogP contribution in [0.1, 0.15) is 33.5 Å². The van der Waals surface area contributed by atoms with Gasteiger partial charge in [-0.3, -0.25) is 0 Å². The molecule has 1 aromatic heterocycles. The summed E-state index contributed by atoms with van der Waals surface area (Å²) in [7, 11) is -0.360. The number of aromatic nitrogens is 1. The van der Waals surface area contributed by atoms with Crippen LogP contribution in [0.15, 0.2) is 59.1 Å². The molecule has 0 saturated carbocycles. The maximum absolute atomic E-state index is 6.14. The third-order valence-electron chi connectivity index (χ3n) is 5.63. The van der Waals surface area contributed by atoms with E-state index >= 15 is 0 Å². The first-order chi connectivity index (χ1) is 12.8. The molecule has 0 bridgehead atoms. The highest BCUT2D eigenvalue weighted by Crippen LogP contribution is 2.37. The Morgan fingerprint density at radius 1 is 0.778 bits per heavy atom. The summed E-state index contributed by atoms with van der Waals surface area (Å²) in [5.74, 6) is 0.803. The Kier molecular flexibility index (Phi) is 4.24. The van der Waals surface area contributed by atoms with Crippen LogP contribution in [-0.4, -0.2) is 23.5 Å². The Morgan fingerprint density at radius 2 is 1.37 bits per heavy atom. The van der Waals surface area contributed by atoms with Gasteiger partial charge in [-0.2, -0.15) is 0 Å². The Morgan fingerprint density at radius 3 is 1.96 bits per heavy atom. The third kappa shape index (κ3) is 3.11. The highest BCUT2D eigenvalue weighted by Gasteiger charge is 2.51. The predicted molar refractivity (Wildman–Crippen MR) is 108 cm³/mol. The van der Waals surface area contributed by atoms with Crippen molar-refractivity contribution in [3.63, 3.8) is 0 Å². The van der Waals surface area contributed by atoms with E-state index in [0.29, 0.717) is 0 Å². The zero-order valence-electron chi connectivity index (χ0n) is 16.4. The van der Waals surface area contributed by atoms with E-state index in [4.69, 9.17) is 13.8 Å². The molecule has 1 aliphatic heterocycles. The monoisotopic (exact) mass is 361 g/mol. The van der Waals surface area contributed by atoms with Crippen molar-refractivity contribution in [1.82, 2.24) is 5.16 Å². The van der Waals surface area contributed by atoms with Gasteiger partial charge in [0.25, 0.3) is 0 Å². The van der Waals surface area contributed by atoms with Crippen molar-refractivity contribution < 1.29 is 13.8 Å². The molecule has 3 aromatic rings. The number of benzene rings is 2. The first-order valence-electron chi connectivity index (χ1n) is 9.26. The van der Waals surface area contributed by atoms with Gasteiger partial charge in [0.05, 0.1) is 16.8 Å². The molecular weight excluding hydrogens is 337 g/mol. The van der Waals surface area contributed by atoms with Gasteiger partial charge in [-0.05, 0) is 45.6 Å². The molecule has 0 aliphatic carbocycles. The molecule has 2 aromatic carbocycles. The number of hydrogen-bond acceptors (Lipinski definition) is 4. The fourth-order valence-electron chi connectivity index (χ4n) is 3.29. The van der Waals surface area contributed by atoms with Crippen LogP contribution in [0, 0.1) is 6.92 Å². The minimum Gasteiger partial charge on any atom is -0.399 e. The van der Waals surface area contributed by atoms with Crippen molar-refractivity contribution in [2.24, 2.45) is 0 Å². The fraction of sp³-hybridized carbons (Fsp3) is 0.318. The SMILES string of the molecule is Cc1onc(-c2ccccc2)c1-c1ccc(B2OC(C)(C)C(C)(C)O2)cc1. The van der Waals surface area contributed by atoms with Gasteiger partial charge in [0, 0.05) is 5.56 Å². The van der Waals surface area contributed by atoms with Crippen molar-refractivity contribution in [2.45, 2.75) is 45.8 Å². The maximum atomic E-state index is 6.14. The minimum absolute atomic E-state index is 0.345. The van der Waals surface area contributed by atoms with Crippen LogP contribution in [0.25, 0.3) is 22.4 Å². The highest BCUT2D eigenvalue weighted by atomic mass is 16.7. The summed E-state index contributed by atoms with van der Waals surface area (Å²) in [5, 5.41) is 4.28. The lowest BCUT2D eigenvalue weighted by atomic mass is 9.78. The molecule has 4 rings (SSSR count). The molecule has 4 nitrogen and oxygen atoms in total. The lowest BCUT2D eigenvalue weighted by Gasteiger charge is -2.32. The maximum Gasteiger partial charge on any atom is 0.494 e. The van der Waals surface area contributed by atoms with Crippen molar-refractivity contribution in [1.29, 1.82) is 0 Å². The molecule has 0 N–H and O–H groups in total. The van der Waals surface area contributed by atoms with Crippen molar-refractivity contribution in [3.05, 3.63) is 60.4 Å². The molecule has 0 atom stereocenters. The third-order valence-corrected chi connectivity index (χ3v) is 5.63. The summed E-state index contributed by atoms with van der Waals surface area (Å²) < 4.78 is 17.8. The van der Waals surface area contributed by atoms with Crippen molar-refractivity contribution >= 4 is 12.6 Å². The van der Waals surface area contributed by atoms with E-state index in [1.807, 2.05) is 37.3 Å². The molecule has 27 heavy (non-hydrogen) atoms. The summed E-state index contributed by atoms with van der Waals surface area (Å²) in [4.78, 5) is 0. The summed E-state index contributed by atoms with van der Waals surface area (Å²) >= 11 is 0. The van der Waals surface area contributed by atoms with Gasteiger partial charge in [-0.1, -0.05) is 59.8 Å². The summed E-state index contributed by atoms with van der Waals surface area (Å²) in [6, 6.07) is 18.3. The van der Waals surface area contributed by atoms with Gasteiger partial charge in [0.1, 0.15) is 11.5 Å². The van der Waals surface area contributed by atoms with Crippen molar-refractivity contribution in [2.75, 3.05) is 0 Å². The second-order valence-electron chi connectivity index (χ2n) is 8.04. The van der Waals surface area contributed by atoms with E-state index in [1.165, 1.54) is 0 Å². The molecule has 5 heteroatoms. The van der Waals surface area contributed by atoms with E-state index in [-0.39, 0.29) is 18.3 Å². The second kappa shape index (κ2) is 6.36. The van der Waals surface area contributed by atoms with Gasteiger partial charge < -0.3 is 13.8 Å². The molecule has 0 amide bonds. The van der Waals surface area contributed by atoms with E-state index in [0.717, 1.165) is 33.6 Å². The smallest absolute Gasteiger partial charge is 0.399 e. The van der Waals surface area contributed by atoms with E-state index < -0.39 is 0 Å². The minimum atomic E-state index is -0.360. The molecular formula is C22H24BNO3. The molecule has 0 unspecified atom stereocenters. The zero-order valence-corrected chi connectivity index (χ0v) is 16.4. The molecule has 138 valence electrons. The summed E-state index contributed by atoms with van der Waals surface area (Å²) in [6.07, 6.45) is 0. The number of aryl methyl sites for hydroxylation is 1. The standard InChI is InChI=1S/C22H24BNO3/c1-15-19(20(24-25-15)17-9-7-6-8-10-17)16-11-13-18(14-12-16)23-26-21(2,3)22(4,5)27-23/h6-14H,1-5H3. The van der Waals surface area contributed by atoms with E-state index in [1.54, 1.807) is 0 Å². The van der Waals surface area contributed by atoms with E-state index in [2.05, 4.69) is 57.1 Å².